The summed E-state index contributed by atoms with van der Waals surface area (Å²) in [7, 11) is 2.15. The van der Waals surface area contributed by atoms with Crippen molar-refractivity contribution in [1.29, 1.82) is 0 Å². The van der Waals surface area contributed by atoms with Gasteiger partial charge in [0.25, 0.3) is 0 Å². The molecule has 34 heavy (non-hydrogen) atoms. The molecule has 3 aromatic carbocycles. The smallest absolute Gasteiger partial charge is 0.130 e. The highest BCUT2D eigenvalue weighted by atomic mass is 19.1. The van der Waals surface area contributed by atoms with Crippen LogP contribution in [0.3, 0.4) is 0 Å². The first-order valence-corrected chi connectivity index (χ1v) is 11.6. The SMILES string of the molecule is CN1CCC(NC(c2cccc(OCc3cc(F)ccc3F)c2)c2nc3ccccc3[nH]2)CC1. The quantitative estimate of drug-likeness (QED) is 0.397. The second-order valence-corrected chi connectivity index (χ2v) is 8.91. The predicted molar refractivity (Wildman–Crippen MR) is 129 cm³/mol. The van der Waals surface area contributed by atoms with Crippen LogP contribution in [0, 0.1) is 11.6 Å². The molecular weight excluding hydrogens is 434 g/mol. The number of H-pyrrole nitrogens is 1. The van der Waals surface area contributed by atoms with E-state index in [0.29, 0.717) is 11.8 Å². The largest absolute Gasteiger partial charge is 0.489 e. The molecule has 0 spiro atoms. The highest BCUT2D eigenvalue weighted by Crippen LogP contribution is 2.28. The molecule has 1 aliphatic rings. The molecule has 0 saturated carbocycles. The van der Waals surface area contributed by atoms with E-state index in [1.807, 2.05) is 48.5 Å². The lowest BCUT2D eigenvalue weighted by atomic mass is 10.0. The number of rotatable bonds is 7. The number of ether oxygens (including phenoxy) is 1. The van der Waals surface area contributed by atoms with Crippen LogP contribution in [0.2, 0.25) is 0 Å². The van der Waals surface area contributed by atoms with E-state index in [4.69, 9.17) is 9.72 Å². The maximum Gasteiger partial charge on any atom is 0.130 e. The Morgan fingerprint density at radius 1 is 1.06 bits per heavy atom. The number of piperidine rings is 1. The zero-order valence-corrected chi connectivity index (χ0v) is 19.1. The van der Waals surface area contributed by atoms with Gasteiger partial charge in [0.1, 0.15) is 29.8 Å². The summed E-state index contributed by atoms with van der Waals surface area (Å²) in [5.41, 5.74) is 3.09. The van der Waals surface area contributed by atoms with Gasteiger partial charge in [-0.15, -0.1) is 0 Å². The van der Waals surface area contributed by atoms with Crippen molar-refractivity contribution in [1.82, 2.24) is 20.2 Å². The van der Waals surface area contributed by atoms with Gasteiger partial charge in [0, 0.05) is 11.6 Å². The lowest BCUT2D eigenvalue weighted by Crippen LogP contribution is -2.42. The van der Waals surface area contributed by atoms with Gasteiger partial charge in [-0.05, 0) is 81.0 Å². The Morgan fingerprint density at radius 3 is 2.71 bits per heavy atom. The Kier molecular flexibility index (Phi) is 6.56. The van der Waals surface area contributed by atoms with Crippen LogP contribution in [0.15, 0.2) is 66.7 Å². The number of hydrogen-bond donors (Lipinski definition) is 2. The lowest BCUT2D eigenvalue weighted by Gasteiger charge is -2.32. The Bertz CT molecular complexity index is 1230. The van der Waals surface area contributed by atoms with Gasteiger partial charge in [-0.25, -0.2) is 13.8 Å². The zero-order valence-electron chi connectivity index (χ0n) is 19.1. The lowest BCUT2D eigenvalue weighted by molar-refractivity contribution is 0.228. The molecular formula is C27H28F2N4O. The van der Waals surface area contributed by atoms with Crippen LogP contribution in [-0.4, -0.2) is 41.0 Å². The number of likely N-dealkylation sites (tertiary alicyclic amines) is 1. The van der Waals surface area contributed by atoms with Gasteiger partial charge in [0.15, 0.2) is 0 Å². The minimum Gasteiger partial charge on any atom is -0.489 e. The average Bonchev–Trinajstić information content (AvgIpc) is 3.28. The minimum atomic E-state index is -0.485. The molecule has 2 heterocycles. The molecule has 5 nitrogen and oxygen atoms in total. The molecule has 1 fully saturated rings. The standard InChI is InChI=1S/C27H28F2N4O/c1-33-13-11-21(12-14-33)30-26(27-31-24-7-2-3-8-25(24)32-27)18-5-4-6-22(16-18)34-17-19-15-20(28)9-10-23(19)29/h2-10,15-16,21,26,30H,11-14,17H2,1H3,(H,31,32). The number of fused-ring (bicyclic) bond motifs is 1. The van der Waals surface area contributed by atoms with E-state index in [0.717, 1.165) is 66.6 Å². The highest BCUT2D eigenvalue weighted by molar-refractivity contribution is 5.75. The van der Waals surface area contributed by atoms with Crippen molar-refractivity contribution in [3.05, 3.63) is 95.3 Å². The van der Waals surface area contributed by atoms with Crippen LogP contribution in [0.25, 0.3) is 11.0 Å². The molecule has 1 unspecified atom stereocenters. The van der Waals surface area contributed by atoms with Crippen molar-refractivity contribution in [2.45, 2.75) is 31.5 Å². The van der Waals surface area contributed by atoms with Crippen LogP contribution in [0.4, 0.5) is 8.78 Å². The molecule has 0 radical (unpaired) electrons. The zero-order chi connectivity index (χ0) is 23.5. The molecule has 0 bridgehead atoms. The highest BCUT2D eigenvalue weighted by Gasteiger charge is 2.25. The van der Waals surface area contributed by atoms with Gasteiger partial charge >= 0.3 is 0 Å². The van der Waals surface area contributed by atoms with Gasteiger partial charge in [-0.1, -0.05) is 24.3 Å². The normalized spacial score (nSPS) is 16.1. The second kappa shape index (κ2) is 9.91. The minimum absolute atomic E-state index is 0.0509. The van der Waals surface area contributed by atoms with Crippen LogP contribution in [-0.2, 0) is 6.61 Å². The van der Waals surface area contributed by atoms with Crippen molar-refractivity contribution in [2.24, 2.45) is 0 Å². The first kappa shape index (κ1) is 22.5. The molecule has 1 atom stereocenters. The average molecular weight is 463 g/mol. The summed E-state index contributed by atoms with van der Waals surface area (Å²) in [4.78, 5) is 10.7. The van der Waals surface area contributed by atoms with Gasteiger partial charge in [0.2, 0.25) is 0 Å². The fraction of sp³-hybridized carbons (Fsp3) is 0.296. The Balaban J connectivity index is 1.41. The van der Waals surface area contributed by atoms with Gasteiger partial charge in [-0.2, -0.15) is 0 Å². The number of hydrogen-bond acceptors (Lipinski definition) is 4. The van der Waals surface area contributed by atoms with Crippen LogP contribution in [0.5, 0.6) is 5.75 Å². The molecule has 1 aliphatic heterocycles. The number of para-hydroxylation sites is 2. The topological polar surface area (TPSA) is 53.2 Å². The summed E-state index contributed by atoms with van der Waals surface area (Å²) in [6, 6.07) is 19.3. The van der Waals surface area contributed by atoms with Crippen molar-refractivity contribution >= 4 is 11.0 Å². The monoisotopic (exact) mass is 462 g/mol. The predicted octanol–water partition coefficient (Wildman–Crippen LogP) is 5.19. The van der Waals surface area contributed by atoms with E-state index < -0.39 is 11.6 Å². The van der Waals surface area contributed by atoms with Crippen molar-refractivity contribution in [3.8, 4) is 5.75 Å². The van der Waals surface area contributed by atoms with E-state index >= 15 is 0 Å². The summed E-state index contributed by atoms with van der Waals surface area (Å²) in [5.74, 6) is 0.462. The molecule has 1 saturated heterocycles. The van der Waals surface area contributed by atoms with E-state index in [1.54, 1.807) is 0 Å². The third-order valence-electron chi connectivity index (χ3n) is 6.40. The van der Waals surface area contributed by atoms with Gasteiger partial charge < -0.3 is 19.9 Å². The maximum atomic E-state index is 14.0. The summed E-state index contributed by atoms with van der Waals surface area (Å²) in [5, 5.41) is 3.80. The molecule has 1 aromatic heterocycles. The number of aromatic nitrogens is 2. The Hall–Kier alpha value is -3.29. The van der Waals surface area contributed by atoms with E-state index in [1.165, 1.54) is 0 Å². The third kappa shape index (κ3) is 5.11. The van der Waals surface area contributed by atoms with Crippen molar-refractivity contribution in [2.75, 3.05) is 20.1 Å². The first-order chi connectivity index (χ1) is 16.5. The third-order valence-corrected chi connectivity index (χ3v) is 6.40. The van der Waals surface area contributed by atoms with Crippen molar-refractivity contribution in [3.63, 3.8) is 0 Å². The van der Waals surface area contributed by atoms with Gasteiger partial charge in [-0.3, -0.25) is 0 Å². The maximum absolute atomic E-state index is 14.0. The van der Waals surface area contributed by atoms with E-state index in [9.17, 15) is 8.78 Å². The fourth-order valence-electron chi connectivity index (χ4n) is 4.45. The number of aromatic amines is 1. The molecule has 7 heteroatoms. The van der Waals surface area contributed by atoms with Crippen LogP contribution >= 0.6 is 0 Å². The van der Waals surface area contributed by atoms with E-state index in [-0.39, 0.29) is 18.2 Å². The number of nitrogens with one attached hydrogen (secondary N) is 2. The van der Waals surface area contributed by atoms with Crippen molar-refractivity contribution < 1.29 is 13.5 Å². The number of halogens is 2. The molecule has 2 N–H and O–H groups in total. The first-order valence-electron chi connectivity index (χ1n) is 11.6. The Morgan fingerprint density at radius 2 is 1.88 bits per heavy atom. The molecule has 4 aromatic rings. The van der Waals surface area contributed by atoms with Crippen LogP contribution < -0.4 is 10.1 Å². The number of imidazole rings is 1. The summed E-state index contributed by atoms with van der Waals surface area (Å²) < 4.78 is 33.4. The summed E-state index contributed by atoms with van der Waals surface area (Å²) in [6.45, 7) is 2.05. The summed E-state index contributed by atoms with van der Waals surface area (Å²) >= 11 is 0. The van der Waals surface area contributed by atoms with Gasteiger partial charge in [0.05, 0.1) is 17.1 Å². The molecule has 0 aliphatic carbocycles. The van der Waals surface area contributed by atoms with Crippen LogP contribution in [0.1, 0.15) is 35.8 Å². The second-order valence-electron chi connectivity index (χ2n) is 8.91. The Labute approximate surface area is 197 Å². The number of benzene rings is 3. The molecule has 176 valence electrons. The van der Waals surface area contributed by atoms with E-state index in [2.05, 4.69) is 22.2 Å². The molecule has 5 rings (SSSR count). The fourth-order valence-corrected chi connectivity index (χ4v) is 4.45. The number of nitrogens with zero attached hydrogens (tertiary/aromatic N) is 2. The summed E-state index contributed by atoms with van der Waals surface area (Å²) in [6.07, 6.45) is 2.12. The molecule has 0 amide bonds.